The predicted molar refractivity (Wildman–Crippen MR) is 43.5 cm³/mol. The van der Waals surface area contributed by atoms with Crippen molar-refractivity contribution in [1.29, 1.82) is 0 Å². The Hall–Kier alpha value is -0.970. The number of alkyl halides is 2. The van der Waals surface area contributed by atoms with Gasteiger partial charge in [-0.15, -0.1) is 0 Å². The number of aromatic nitrogens is 2. The molecule has 1 unspecified atom stereocenters. The summed E-state index contributed by atoms with van der Waals surface area (Å²) < 4.78 is 27.7. The molecule has 1 aromatic rings. The van der Waals surface area contributed by atoms with E-state index in [2.05, 4.69) is 4.98 Å². The van der Waals surface area contributed by atoms with Gasteiger partial charge in [0.25, 0.3) is 5.92 Å². The van der Waals surface area contributed by atoms with Gasteiger partial charge in [-0.25, -0.2) is 13.8 Å². The monoisotopic (exact) mass is 187 g/mol. The quantitative estimate of drug-likeness (QED) is 0.739. The Morgan fingerprint density at radius 2 is 2.31 bits per heavy atom. The van der Waals surface area contributed by atoms with Crippen LogP contribution in [0.15, 0.2) is 12.4 Å². The molecule has 1 fully saturated rings. The Balaban J connectivity index is 2.41. The molecule has 5 heteroatoms. The number of rotatable bonds is 2. The molecule has 0 bridgehead atoms. The summed E-state index contributed by atoms with van der Waals surface area (Å²) in [5.74, 6) is -2.29. The summed E-state index contributed by atoms with van der Waals surface area (Å²) >= 11 is 0. The minimum atomic E-state index is -2.68. The molecular formula is C8H11F2N3. The zero-order chi connectivity index (χ0) is 9.69. The normalized spacial score (nSPS) is 30.5. The van der Waals surface area contributed by atoms with Gasteiger partial charge < -0.3 is 10.3 Å². The van der Waals surface area contributed by atoms with E-state index in [0.29, 0.717) is 5.82 Å². The average molecular weight is 187 g/mol. The summed E-state index contributed by atoms with van der Waals surface area (Å²) in [6, 6.07) is 0. The van der Waals surface area contributed by atoms with Gasteiger partial charge in [0.05, 0.1) is 0 Å². The third kappa shape index (κ3) is 0.934. The fraction of sp³-hybridized carbons (Fsp3) is 0.625. The van der Waals surface area contributed by atoms with Crippen molar-refractivity contribution in [3.8, 4) is 0 Å². The lowest BCUT2D eigenvalue weighted by atomic mass is 10.1. The lowest BCUT2D eigenvalue weighted by Gasteiger charge is -2.13. The van der Waals surface area contributed by atoms with Gasteiger partial charge in [0.2, 0.25) is 0 Å². The number of nitrogens with two attached hydrogens (primary N) is 1. The summed E-state index contributed by atoms with van der Waals surface area (Å²) in [6.45, 7) is -0.0507. The molecule has 1 saturated carbocycles. The van der Waals surface area contributed by atoms with Crippen LogP contribution < -0.4 is 5.73 Å². The first kappa shape index (κ1) is 8.62. The van der Waals surface area contributed by atoms with Crippen LogP contribution >= 0.6 is 0 Å². The van der Waals surface area contributed by atoms with Crippen LogP contribution in [0.3, 0.4) is 0 Å². The molecular weight excluding hydrogens is 176 g/mol. The smallest absolute Gasteiger partial charge is 0.263 e. The maximum atomic E-state index is 13.1. The Morgan fingerprint density at radius 1 is 1.69 bits per heavy atom. The first-order valence-electron chi connectivity index (χ1n) is 4.09. The fourth-order valence-electron chi connectivity index (χ4n) is 1.72. The van der Waals surface area contributed by atoms with Crippen molar-refractivity contribution in [3.05, 3.63) is 18.2 Å². The standard InChI is InChI=1S/C8H11F2N3/c1-13-3-2-12-6(13)7(5-11)4-8(7,9)10/h2-3H,4-5,11H2,1H3. The van der Waals surface area contributed by atoms with Crippen molar-refractivity contribution in [2.24, 2.45) is 12.8 Å². The Morgan fingerprint density at radius 3 is 2.62 bits per heavy atom. The van der Waals surface area contributed by atoms with E-state index in [-0.39, 0.29) is 13.0 Å². The van der Waals surface area contributed by atoms with Crippen LogP contribution in [0.1, 0.15) is 12.2 Å². The van der Waals surface area contributed by atoms with Crippen molar-refractivity contribution in [3.63, 3.8) is 0 Å². The summed E-state index contributed by atoms with van der Waals surface area (Å²) in [5.41, 5.74) is 4.17. The lowest BCUT2D eigenvalue weighted by molar-refractivity contribution is 0.0868. The van der Waals surface area contributed by atoms with Crippen LogP contribution in [-0.2, 0) is 12.5 Å². The molecule has 0 amide bonds. The lowest BCUT2D eigenvalue weighted by Crippen LogP contribution is -2.29. The van der Waals surface area contributed by atoms with E-state index >= 15 is 0 Å². The molecule has 0 aliphatic heterocycles. The second-order valence-electron chi connectivity index (χ2n) is 3.53. The number of hydrogen-bond donors (Lipinski definition) is 1. The van der Waals surface area contributed by atoms with Gasteiger partial charge in [0, 0.05) is 32.4 Å². The van der Waals surface area contributed by atoms with Crippen LogP contribution in [0.25, 0.3) is 0 Å². The van der Waals surface area contributed by atoms with E-state index in [1.807, 2.05) is 0 Å². The van der Waals surface area contributed by atoms with Crippen molar-refractivity contribution >= 4 is 0 Å². The minimum Gasteiger partial charge on any atom is -0.337 e. The Bertz CT molecular complexity index is 334. The number of hydrogen-bond acceptors (Lipinski definition) is 2. The molecule has 1 aliphatic rings. The molecule has 2 N–H and O–H groups in total. The maximum absolute atomic E-state index is 13.1. The molecule has 1 aromatic heterocycles. The highest BCUT2D eigenvalue weighted by atomic mass is 19.3. The van der Waals surface area contributed by atoms with Gasteiger partial charge >= 0.3 is 0 Å². The number of halogens is 2. The molecule has 72 valence electrons. The first-order chi connectivity index (χ1) is 6.03. The van der Waals surface area contributed by atoms with Crippen molar-refractivity contribution in [1.82, 2.24) is 9.55 Å². The van der Waals surface area contributed by atoms with Crippen molar-refractivity contribution < 1.29 is 8.78 Å². The SMILES string of the molecule is Cn1ccnc1C1(CN)CC1(F)F. The van der Waals surface area contributed by atoms with E-state index in [1.54, 1.807) is 17.8 Å². The molecule has 2 rings (SSSR count). The van der Waals surface area contributed by atoms with E-state index in [1.165, 1.54) is 6.20 Å². The molecule has 0 spiro atoms. The Kier molecular flexibility index (Phi) is 1.52. The summed E-state index contributed by atoms with van der Waals surface area (Å²) in [6.07, 6.45) is 2.99. The van der Waals surface area contributed by atoms with Crippen LogP contribution in [0.4, 0.5) is 8.78 Å². The number of aryl methyl sites for hydroxylation is 1. The largest absolute Gasteiger partial charge is 0.337 e. The molecule has 1 atom stereocenters. The molecule has 0 radical (unpaired) electrons. The summed E-state index contributed by atoms with van der Waals surface area (Å²) in [5, 5.41) is 0. The maximum Gasteiger partial charge on any atom is 0.263 e. The van der Waals surface area contributed by atoms with E-state index in [0.717, 1.165) is 0 Å². The van der Waals surface area contributed by atoms with Crippen molar-refractivity contribution in [2.75, 3.05) is 6.54 Å². The van der Waals surface area contributed by atoms with Crippen LogP contribution in [0.2, 0.25) is 0 Å². The summed E-state index contributed by atoms with van der Waals surface area (Å²) in [4.78, 5) is 3.92. The zero-order valence-corrected chi connectivity index (χ0v) is 7.30. The molecule has 1 aliphatic carbocycles. The fourth-order valence-corrected chi connectivity index (χ4v) is 1.72. The first-order valence-corrected chi connectivity index (χ1v) is 4.09. The highest BCUT2D eigenvalue weighted by Gasteiger charge is 2.73. The second kappa shape index (κ2) is 2.29. The molecule has 0 saturated heterocycles. The Labute approximate surface area is 74.6 Å². The second-order valence-corrected chi connectivity index (χ2v) is 3.53. The van der Waals surface area contributed by atoms with Gasteiger partial charge in [-0.3, -0.25) is 0 Å². The van der Waals surface area contributed by atoms with Gasteiger partial charge in [-0.05, 0) is 0 Å². The van der Waals surface area contributed by atoms with Crippen LogP contribution in [-0.4, -0.2) is 22.0 Å². The number of nitrogens with zero attached hydrogens (tertiary/aromatic N) is 2. The molecule has 1 heterocycles. The van der Waals surface area contributed by atoms with E-state index in [4.69, 9.17) is 5.73 Å². The predicted octanol–water partition coefficient (Wildman–Crippen LogP) is 0.656. The highest BCUT2D eigenvalue weighted by Crippen LogP contribution is 2.60. The minimum absolute atomic E-state index is 0.0507. The van der Waals surface area contributed by atoms with Gasteiger partial charge in [-0.1, -0.05) is 0 Å². The van der Waals surface area contributed by atoms with Gasteiger partial charge in [-0.2, -0.15) is 0 Å². The van der Waals surface area contributed by atoms with Crippen LogP contribution in [0.5, 0.6) is 0 Å². The third-order valence-electron chi connectivity index (χ3n) is 2.70. The van der Waals surface area contributed by atoms with Gasteiger partial charge in [0.1, 0.15) is 11.2 Å². The molecule has 0 aromatic carbocycles. The summed E-state index contributed by atoms with van der Waals surface area (Å²) in [7, 11) is 1.70. The molecule has 13 heavy (non-hydrogen) atoms. The number of imidazole rings is 1. The third-order valence-corrected chi connectivity index (χ3v) is 2.70. The van der Waals surface area contributed by atoms with E-state index < -0.39 is 11.3 Å². The van der Waals surface area contributed by atoms with Crippen molar-refractivity contribution in [2.45, 2.75) is 17.8 Å². The van der Waals surface area contributed by atoms with Crippen LogP contribution in [0, 0.1) is 0 Å². The molecule has 3 nitrogen and oxygen atoms in total. The average Bonchev–Trinajstić information content (AvgIpc) is 2.43. The van der Waals surface area contributed by atoms with E-state index in [9.17, 15) is 8.78 Å². The topological polar surface area (TPSA) is 43.8 Å². The van der Waals surface area contributed by atoms with Gasteiger partial charge in [0.15, 0.2) is 0 Å². The highest BCUT2D eigenvalue weighted by molar-refractivity contribution is 5.30. The zero-order valence-electron chi connectivity index (χ0n) is 7.30.